The zero-order valence-electron chi connectivity index (χ0n) is 18.3. The molecule has 2 aliphatic carbocycles. The van der Waals surface area contributed by atoms with Gasteiger partial charge in [0, 0.05) is 12.0 Å². The summed E-state index contributed by atoms with van der Waals surface area (Å²) < 4.78 is 28.6. The number of carbonyl (C=O) groups is 1. The van der Waals surface area contributed by atoms with E-state index in [9.17, 15) is 13.6 Å². The van der Waals surface area contributed by atoms with Crippen LogP contribution in [0.15, 0.2) is 24.3 Å². The minimum atomic E-state index is -3.36. The molecule has 0 bridgehead atoms. The molecule has 0 atom stereocenters. The summed E-state index contributed by atoms with van der Waals surface area (Å²) in [5, 5.41) is 0. The molecule has 2 aliphatic rings. The van der Waals surface area contributed by atoms with Crippen LogP contribution in [0.1, 0.15) is 108 Å². The molecule has 162 valence electrons. The van der Waals surface area contributed by atoms with Crippen LogP contribution >= 0.6 is 0 Å². The van der Waals surface area contributed by atoms with Crippen molar-refractivity contribution in [3.8, 4) is 0 Å². The van der Waals surface area contributed by atoms with Gasteiger partial charge in [-0.2, -0.15) is 8.78 Å². The van der Waals surface area contributed by atoms with Crippen molar-refractivity contribution in [2.24, 2.45) is 17.8 Å². The highest BCUT2D eigenvalue weighted by molar-refractivity contribution is 5.86. The fourth-order valence-corrected chi connectivity index (χ4v) is 5.79. The van der Waals surface area contributed by atoms with Crippen LogP contribution in [0.3, 0.4) is 0 Å². The Morgan fingerprint density at radius 1 is 0.862 bits per heavy atom. The lowest BCUT2D eigenvalue weighted by Gasteiger charge is -2.38. The van der Waals surface area contributed by atoms with Gasteiger partial charge < -0.3 is 0 Å². The lowest BCUT2D eigenvalue weighted by atomic mass is 9.68. The summed E-state index contributed by atoms with van der Waals surface area (Å²) in [5.41, 5.74) is 1.01. The zero-order chi connectivity index (χ0) is 20.9. The molecule has 0 aromatic heterocycles. The van der Waals surface area contributed by atoms with Crippen LogP contribution in [0.25, 0.3) is 0 Å². The molecule has 29 heavy (non-hydrogen) atoms. The number of alkyl halides is 2. The molecule has 0 saturated heterocycles. The third-order valence-electron chi connectivity index (χ3n) is 7.60. The Hall–Kier alpha value is -1.25. The van der Waals surface area contributed by atoms with Gasteiger partial charge in [0.15, 0.2) is 0 Å². The second-order valence-corrected chi connectivity index (χ2v) is 9.55. The summed E-state index contributed by atoms with van der Waals surface area (Å²) >= 11 is 0. The summed E-state index contributed by atoms with van der Waals surface area (Å²) in [6.07, 6.45) is 13.7. The standard InChI is InChI=1S/C26H38F2O/c1-3-5-19-7-9-20(10-8-19)21-11-13-22(14-12-21)23-15-17-24(18-16-23)26(27,28)25(29)6-4-2/h15-22H,3-14H2,1-2H3. The number of halogens is 2. The first-order chi connectivity index (χ1) is 14.0. The minimum absolute atomic E-state index is 0.0703. The number of hydrogen-bond donors (Lipinski definition) is 0. The Balaban J connectivity index is 1.52. The minimum Gasteiger partial charge on any atom is -0.293 e. The van der Waals surface area contributed by atoms with Gasteiger partial charge in [-0.1, -0.05) is 63.8 Å². The van der Waals surface area contributed by atoms with E-state index in [4.69, 9.17) is 0 Å². The Bertz CT molecular complexity index is 635. The highest BCUT2D eigenvalue weighted by Crippen LogP contribution is 2.44. The summed E-state index contributed by atoms with van der Waals surface area (Å²) in [5.74, 6) is -1.10. The maximum Gasteiger partial charge on any atom is 0.330 e. The van der Waals surface area contributed by atoms with E-state index in [1.807, 2.05) is 12.1 Å². The number of hydrogen-bond acceptors (Lipinski definition) is 1. The van der Waals surface area contributed by atoms with Crippen LogP contribution in [0.5, 0.6) is 0 Å². The van der Waals surface area contributed by atoms with Crippen molar-refractivity contribution in [2.45, 2.75) is 103 Å². The normalized spacial score (nSPS) is 28.3. The summed E-state index contributed by atoms with van der Waals surface area (Å²) in [6, 6.07) is 6.63. The van der Waals surface area contributed by atoms with Crippen molar-refractivity contribution in [1.29, 1.82) is 0 Å². The zero-order valence-corrected chi connectivity index (χ0v) is 18.3. The topological polar surface area (TPSA) is 17.1 Å². The van der Waals surface area contributed by atoms with E-state index in [1.54, 1.807) is 6.92 Å². The highest BCUT2D eigenvalue weighted by atomic mass is 19.3. The van der Waals surface area contributed by atoms with Gasteiger partial charge in [-0.05, 0) is 74.2 Å². The van der Waals surface area contributed by atoms with E-state index < -0.39 is 11.7 Å². The second kappa shape index (κ2) is 10.2. The van der Waals surface area contributed by atoms with Crippen molar-refractivity contribution >= 4 is 5.78 Å². The maximum atomic E-state index is 14.3. The molecule has 2 fully saturated rings. The lowest BCUT2D eigenvalue weighted by molar-refractivity contribution is -0.144. The molecule has 0 amide bonds. The summed E-state index contributed by atoms with van der Waals surface area (Å²) in [4.78, 5) is 11.7. The molecule has 1 nitrogen and oxygen atoms in total. The van der Waals surface area contributed by atoms with Crippen molar-refractivity contribution in [3.63, 3.8) is 0 Å². The lowest BCUT2D eigenvalue weighted by Crippen LogP contribution is -2.26. The third kappa shape index (κ3) is 5.47. The van der Waals surface area contributed by atoms with Gasteiger partial charge in [0.1, 0.15) is 0 Å². The number of rotatable bonds is 8. The fourth-order valence-electron chi connectivity index (χ4n) is 5.79. The molecule has 0 spiro atoms. The first-order valence-corrected chi connectivity index (χ1v) is 12.0. The average molecular weight is 405 g/mol. The molecule has 1 aromatic rings. The van der Waals surface area contributed by atoms with E-state index >= 15 is 0 Å². The van der Waals surface area contributed by atoms with Crippen molar-refractivity contribution in [2.75, 3.05) is 0 Å². The van der Waals surface area contributed by atoms with Crippen molar-refractivity contribution in [1.82, 2.24) is 0 Å². The fraction of sp³-hybridized carbons (Fsp3) is 0.731. The van der Waals surface area contributed by atoms with Gasteiger partial charge >= 0.3 is 5.92 Å². The van der Waals surface area contributed by atoms with Crippen molar-refractivity contribution in [3.05, 3.63) is 35.4 Å². The molecule has 3 rings (SSSR count). The van der Waals surface area contributed by atoms with E-state index in [0.717, 1.165) is 23.3 Å². The SMILES string of the molecule is CCCC(=O)C(F)(F)c1ccc(C2CCC(C3CCC(CCC)CC3)CC2)cc1. The predicted octanol–water partition coefficient (Wildman–Crippen LogP) is 8.03. The maximum absolute atomic E-state index is 14.3. The molecule has 0 radical (unpaired) electrons. The molecular formula is C26H38F2O. The van der Waals surface area contributed by atoms with Crippen LogP contribution in [-0.2, 0) is 10.7 Å². The molecule has 1 aromatic carbocycles. The Morgan fingerprint density at radius 3 is 1.93 bits per heavy atom. The first kappa shape index (κ1) is 22.4. The molecule has 0 N–H and O–H groups in total. The molecule has 0 aliphatic heterocycles. The van der Waals surface area contributed by atoms with E-state index in [1.165, 1.54) is 76.3 Å². The van der Waals surface area contributed by atoms with Crippen LogP contribution in [0.2, 0.25) is 0 Å². The summed E-state index contributed by atoms with van der Waals surface area (Å²) in [6.45, 7) is 4.05. The third-order valence-corrected chi connectivity index (χ3v) is 7.60. The molecule has 2 saturated carbocycles. The van der Waals surface area contributed by atoms with Crippen LogP contribution < -0.4 is 0 Å². The van der Waals surface area contributed by atoms with Crippen LogP contribution in [-0.4, -0.2) is 5.78 Å². The Labute approximate surface area is 175 Å². The van der Waals surface area contributed by atoms with E-state index in [2.05, 4.69) is 6.92 Å². The van der Waals surface area contributed by atoms with Gasteiger partial charge in [0.2, 0.25) is 5.78 Å². The summed E-state index contributed by atoms with van der Waals surface area (Å²) in [7, 11) is 0. The van der Waals surface area contributed by atoms with E-state index in [0.29, 0.717) is 12.3 Å². The average Bonchev–Trinajstić information content (AvgIpc) is 2.75. The van der Waals surface area contributed by atoms with Gasteiger partial charge in [0.25, 0.3) is 0 Å². The van der Waals surface area contributed by atoms with Crippen LogP contribution in [0, 0.1) is 17.8 Å². The largest absolute Gasteiger partial charge is 0.330 e. The highest BCUT2D eigenvalue weighted by Gasteiger charge is 2.39. The quantitative estimate of drug-likeness (QED) is 0.428. The number of benzene rings is 1. The molecular weight excluding hydrogens is 366 g/mol. The number of carbonyl (C=O) groups excluding carboxylic acids is 1. The Morgan fingerprint density at radius 2 is 1.41 bits per heavy atom. The molecule has 3 heteroatoms. The van der Waals surface area contributed by atoms with Crippen molar-refractivity contribution < 1.29 is 13.6 Å². The van der Waals surface area contributed by atoms with Gasteiger partial charge in [-0.15, -0.1) is 0 Å². The predicted molar refractivity (Wildman–Crippen MR) is 115 cm³/mol. The van der Waals surface area contributed by atoms with Gasteiger partial charge in [-0.25, -0.2) is 0 Å². The number of Topliss-reactive ketones (excluding diaryl/α,β-unsaturated/α-hetero) is 1. The first-order valence-electron chi connectivity index (χ1n) is 12.0. The number of ketones is 1. The Kier molecular flexibility index (Phi) is 7.87. The monoisotopic (exact) mass is 404 g/mol. The smallest absolute Gasteiger partial charge is 0.293 e. The van der Waals surface area contributed by atoms with Crippen LogP contribution in [0.4, 0.5) is 8.78 Å². The van der Waals surface area contributed by atoms with Gasteiger partial charge in [0.05, 0.1) is 0 Å². The molecule has 0 heterocycles. The van der Waals surface area contributed by atoms with Gasteiger partial charge in [-0.3, -0.25) is 4.79 Å². The molecule has 0 unspecified atom stereocenters. The van der Waals surface area contributed by atoms with E-state index in [-0.39, 0.29) is 12.0 Å². The second-order valence-electron chi connectivity index (χ2n) is 9.55.